The molecule has 0 aromatic heterocycles. The van der Waals surface area contributed by atoms with Gasteiger partial charge in [0.25, 0.3) is 0 Å². The Labute approximate surface area is 184 Å². The molecule has 1 N–H and O–H groups in total. The second-order valence-electron chi connectivity index (χ2n) is 8.84. The number of anilines is 1. The molecule has 6 nitrogen and oxygen atoms in total. The van der Waals surface area contributed by atoms with Gasteiger partial charge in [-0.25, -0.2) is 0 Å². The number of ether oxygens (including phenoxy) is 2. The molecule has 31 heavy (non-hydrogen) atoms. The zero-order chi connectivity index (χ0) is 22.4. The van der Waals surface area contributed by atoms with Crippen molar-refractivity contribution in [3.63, 3.8) is 0 Å². The Morgan fingerprint density at radius 2 is 1.45 bits per heavy atom. The van der Waals surface area contributed by atoms with Crippen molar-refractivity contribution in [2.75, 3.05) is 25.0 Å². The van der Waals surface area contributed by atoms with Crippen molar-refractivity contribution < 1.29 is 19.1 Å². The van der Waals surface area contributed by atoms with Crippen molar-refractivity contribution in [1.82, 2.24) is 4.90 Å². The first-order chi connectivity index (χ1) is 14.8. The van der Waals surface area contributed by atoms with Gasteiger partial charge < -0.3 is 19.7 Å². The fourth-order valence-corrected chi connectivity index (χ4v) is 3.58. The Bertz CT molecular complexity index is 877. The molecule has 0 unspecified atom stereocenters. The summed E-state index contributed by atoms with van der Waals surface area (Å²) in [6, 6.07) is 14.8. The van der Waals surface area contributed by atoms with Crippen LogP contribution in [-0.4, -0.2) is 36.4 Å². The van der Waals surface area contributed by atoms with E-state index in [9.17, 15) is 9.59 Å². The molecule has 0 atom stereocenters. The first-order valence-corrected chi connectivity index (χ1v) is 10.9. The molecule has 166 valence electrons. The van der Waals surface area contributed by atoms with E-state index in [-0.39, 0.29) is 23.1 Å². The topological polar surface area (TPSA) is 67.9 Å². The SMILES string of the molecule is CCOc1ccc(Oc2ccc(NC(=O)C3CCN(C(=O)C(C)(C)C)CC3)cc2)cc1. The lowest BCUT2D eigenvalue weighted by Crippen LogP contribution is -2.45. The predicted octanol–water partition coefficient (Wildman–Crippen LogP) is 5.10. The molecule has 1 saturated heterocycles. The Balaban J connectivity index is 1.49. The fourth-order valence-electron chi connectivity index (χ4n) is 3.58. The van der Waals surface area contributed by atoms with Gasteiger partial charge >= 0.3 is 0 Å². The second kappa shape index (κ2) is 9.86. The van der Waals surface area contributed by atoms with Crippen LogP contribution in [-0.2, 0) is 9.59 Å². The number of amides is 2. The van der Waals surface area contributed by atoms with Crippen molar-refractivity contribution in [3.05, 3.63) is 48.5 Å². The van der Waals surface area contributed by atoms with E-state index in [4.69, 9.17) is 9.47 Å². The third-order valence-electron chi connectivity index (χ3n) is 5.29. The van der Waals surface area contributed by atoms with E-state index in [0.717, 1.165) is 17.2 Å². The van der Waals surface area contributed by atoms with Crippen LogP contribution in [0.1, 0.15) is 40.5 Å². The van der Waals surface area contributed by atoms with Crippen LogP contribution in [0.25, 0.3) is 0 Å². The number of piperidine rings is 1. The molecule has 3 rings (SSSR count). The maximum Gasteiger partial charge on any atom is 0.227 e. The highest BCUT2D eigenvalue weighted by Crippen LogP contribution is 2.27. The van der Waals surface area contributed by atoms with Crippen LogP contribution in [0.4, 0.5) is 5.69 Å². The standard InChI is InChI=1S/C25H32N2O4/c1-5-30-20-10-12-22(13-11-20)31-21-8-6-19(7-9-21)26-23(28)18-14-16-27(17-15-18)24(29)25(2,3)4/h6-13,18H,5,14-17H2,1-4H3,(H,26,28). The number of benzene rings is 2. The molecule has 1 aliphatic rings. The van der Waals surface area contributed by atoms with E-state index in [1.54, 1.807) is 0 Å². The minimum Gasteiger partial charge on any atom is -0.494 e. The number of carbonyl (C=O) groups is 2. The lowest BCUT2D eigenvalue weighted by molar-refractivity contribution is -0.142. The number of carbonyl (C=O) groups excluding carboxylic acids is 2. The van der Waals surface area contributed by atoms with Crippen LogP contribution in [0.2, 0.25) is 0 Å². The number of hydrogen-bond donors (Lipinski definition) is 1. The van der Waals surface area contributed by atoms with Gasteiger partial charge in [-0.05, 0) is 68.3 Å². The Morgan fingerprint density at radius 1 is 0.935 bits per heavy atom. The minimum atomic E-state index is -0.385. The van der Waals surface area contributed by atoms with Gasteiger partial charge in [-0.15, -0.1) is 0 Å². The quantitative estimate of drug-likeness (QED) is 0.700. The minimum absolute atomic E-state index is 0.00281. The highest BCUT2D eigenvalue weighted by atomic mass is 16.5. The summed E-state index contributed by atoms with van der Waals surface area (Å²) >= 11 is 0. The Hall–Kier alpha value is -3.02. The molecular formula is C25H32N2O4. The normalized spacial score (nSPS) is 14.8. The van der Waals surface area contributed by atoms with E-state index >= 15 is 0 Å². The molecule has 1 fully saturated rings. The number of likely N-dealkylation sites (tertiary alicyclic amines) is 1. The molecule has 1 aliphatic heterocycles. The van der Waals surface area contributed by atoms with Gasteiger partial charge in [0.05, 0.1) is 6.61 Å². The molecule has 2 aromatic carbocycles. The molecule has 0 bridgehead atoms. The summed E-state index contributed by atoms with van der Waals surface area (Å²) in [7, 11) is 0. The summed E-state index contributed by atoms with van der Waals surface area (Å²) in [5.41, 5.74) is 0.349. The fraction of sp³-hybridized carbons (Fsp3) is 0.440. The summed E-state index contributed by atoms with van der Waals surface area (Å²) in [5.74, 6) is 2.29. The monoisotopic (exact) mass is 424 g/mol. The molecule has 0 aliphatic carbocycles. The van der Waals surface area contributed by atoms with E-state index in [2.05, 4.69) is 5.32 Å². The van der Waals surface area contributed by atoms with Crippen LogP contribution in [0.15, 0.2) is 48.5 Å². The van der Waals surface area contributed by atoms with Crippen molar-refractivity contribution in [3.8, 4) is 17.2 Å². The van der Waals surface area contributed by atoms with Crippen molar-refractivity contribution in [2.24, 2.45) is 11.3 Å². The zero-order valence-corrected chi connectivity index (χ0v) is 18.8. The maximum absolute atomic E-state index is 12.6. The number of nitrogens with zero attached hydrogens (tertiary/aromatic N) is 1. The largest absolute Gasteiger partial charge is 0.494 e. The second-order valence-corrected chi connectivity index (χ2v) is 8.84. The number of nitrogens with one attached hydrogen (secondary N) is 1. The summed E-state index contributed by atoms with van der Waals surface area (Å²) in [6.45, 7) is 9.61. The highest BCUT2D eigenvalue weighted by Gasteiger charge is 2.32. The van der Waals surface area contributed by atoms with Crippen LogP contribution >= 0.6 is 0 Å². The molecule has 1 heterocycles. The van der Waals surface area contributed by atoms with Gasteiger partial charge in [0.2, 0.25) is 11.8 Å². The number of hydrogen-bond acceptors (Lipinski definition) is 4. The molecule has 0 spiro atoms. The molecular weight excluding hydrogens is 392 g/mol. The van der Waals surface area contributed by atoms with E-state index in [1.165, 1.54) is 0 Å². The first kappa shape index (κ1) is 22.7. The Morgan fingerprint density at radius 3 is 1.97 bits per heavy atom. The van der Waals surface area contributed by atoms with Crippen molar-refractivity contribution in [2.45, 2.75) is 40.5 Å². The van der Waals surface area contributed by atoms with Gasteiger partial charge in [-0.2, -0.15) is 0 Å². The van der Waals surface area contributed by atoms with Crippen molar-refractivity contribution in [1.29, 1.82) is 0 Å². The maximum atomic E-state index is 12.6. The third kappa shape index (κ3) is 6.23. The molecule has 2 amide bonds. The summed E-state index contributed by atoms with van der Waals surface area (Å²) < 4.78 is 11.3. The van der Waals surface area contributed by atoms with E-state index < -0.39 is 0 Å². The average Bonchev–Trinajstić information content (AvgIpc) is 2.75. The van der Waals surface area contributed by atoms with Crippen LogP contribution in [0.5, 0.6) is 17.2 Å². The molecule has 0 radical (unpaired) electrons. The smallest absolute Gasteiger partial charge is 0.227 e. The summed E-state index contributed by atoms with van der Waals surface area (Å²) in [6.07, 6.45) is 1.37. The van der Waals surface area contributed by atoms with Gasteiger partial charge in [-0.3, -0.25) is 9.59 Å². The van der Waals surface area contributed by atoms with E-state index in [1.807, 2.05) is 81.1 Å². The summed E-state index contributed by atoms with van der Waals surface area (Å²) in [4.78, 5) is 26.9. The van der Waals surface area contributed by atoms with Gasteiger partial charge in [0.15, 0.2) is 0 Å². The zero-order valence-electron chi connectivity index (χ0n) is 18.8. The Kier molecular flexibility index (Phi) is 7.21. The third-order valence-corrected chi connectivity index (χ3v) is 5.29. The lowest BCUT2D eigenvalue weighted by Gasteiger charge is -2.35. The van der Waals surface area contributed by atoms with E-state index in [0.29, 0.717) is 38.3 Å². The average molecular weight is 425 g/mol. The lowest BCUT2D eigenvalue weighted by atomic mass is 9.90. The van der Waals surface area contributed by atoms with Crippen LogP contribution < -0.4 is 14.8 Å². The summed E-state index contributed by atoms with van der Waals surface area (Å²) in [5, 5.41) is 2.98. The highest BCUT2D eigenvalue weighted by molar-refractivity contribution is 5.93. The van der Waals surface area contributed by atoms with Gasteiger partial charge in [-0.1, -0.05) is 20.8 Å². The van der Waals surface area contributed by atoms with Crippen LogP contribution in [0, 0.1) is 11.3 Å². The predicted molar refractivity (Wildman–Crippen MR) is 122 cm³/mol. The van der Waals surface area contributed by atoms with Crippen LogP contribution in [0.3, 0.4) is 0 Å². The molecule has 2 aromatic rings. The molecule has 6 heteroatoms. The van der Waals surface area contributed by atoms with Crippen molar-refractivity contribution >= 4 is 17.5 Å². The van der Waals surface area contributed by atoms with Gasteiger partial charge in [0.1, 0.15) is 17.2 Å². The van der Waals surface area contributed by atoms with Gasteiger partial charge in [0, 0.05) is 30.1 Å². The first-order valence-electron chi connectivity index (χ1n) is 10.9. The number of rotatable bonds is 6. The molecule has 0 saturated carbocycles.